The van der Waals surface area contributed by atoms with Crippen molar-refractivity contribution in [1.29, 1.82) is 0 Å². The Kier molecular flexibility index (Phi) is 4.58. The highest BCUT2D eigenvalue weighted by Crippen LogP contribution is 2.21. The van der Waals surface area contributed by atoms with Gasteiger partial charge >= 0.3 is 0 Å². The van der Waals surface area contributed by atoms with E-state index in [9.17, 15) is 4.79 Å². The average molecular weight is 344 g/mol. The van der Waals surface area contributed by atoms with Crippen LogP contribution in [0.2, 0.25) is 0 Å². The Hall–Kier alpha value is -2.31. The van der Waals surface area contributed by atoms with Crippen LogP contribution in [0, 0.1) is 6.92 Å². The summed E-state index contributed by atoms with van der Waals surface area (Å²) in [4.78, 5) is 15.0. The van der Waals surface area contributed by atoms with Crippen molar-refractivity contribution in [2.45, 2.75) is 52.1 Å². The van der Waals surface area contributed by atoms with Gasteiger partial charge in [0.2, 0.25) is 0 Å². The number of nitrogens with zero attached hydrogens (tertiary/aromatic N) is 5. The fourth-order valence-electron chi connectivity index (χ4n) is 3.47. The zero-order valence-corrected chi connectivity index (χ0v) is 15.8. The minimum absolute atomic E-state index is 0.0361. The zero-order valence-electron chi connectivity index (χ0n) is 15.8. The van der Waals surface area contributed by atoms with Crippen molar-refractivity contribution in [3.63, 3.8) is 0 Å². The molecule has 0 radical (unpaired) electrons. The lowest BCUT2D eigenvalue weighted by molar-refractivity contribution is 0.0932. The van der Waals surface area contributed by atoms with Gasteiger partial charge in [-0.05, 0) is 40.5 Å². The standard InChI is InChI=1S/C18H28N6O/c1-13-16(10-20-24(13)18(2,3)4)17(25)21-14-7-6-8-23(11-14)15-9-19-22(5)12-15/h9-10,12,14H,6-8,11H2,1-5H3,(H,21,25). The molecule has 1 aliphatic heterocycles. The van der Waals surface area contributed by atoms with E-state index in [0.29, 0.717) is 5.56 Å². The van der Waals surface area contributed by atoms with E-state index < -0.39 is 0 Å². The van der Waals surface area contributed by atoms with Crippen LogP contribution >= 0.6 is 0 Å². The first-order chi connectivity index (χ1) is 11.8. The molecule has 1 aliphatic rings. The number of rotatable bonds is 3. The number of aryl methyl sites for hydroxylation is 1. The first-order valence-electron chi connectivity index (χ1n) is 8.85. The van der Waals surface area contributed by atoms with Crippen molar-refractivity contribution in [3.05, 3.63) is 29.8 Å². The highest BCUT2D eigenvalue weighted by atomic mass is 16.1. The quantitative estimate of drug-likeness (QED) is 0.926. The lowest BCUT2D eigenvalue weighted by atomic mass is 10.0. The maximum absolute atomic E-state index is 12.7. The predicted octanol–water partition coefficient (Wildman–Crippen LogP) is 2.08. The molecule has 1 saturated heterocycles. The number of aromatic nitrogens is 4. The number of carbonyl (C=O) groups is 1. The summed E-state index contributed by atoms with van der Waals surface area (Å²) in [5, 5.41) is 11.8. The minimum atomic E-state index is -0.134. The Morgan fingerprint density at radius 2 is 2.04 bits per heavy atom. The van der Waals surface area contributed by atoms with Crippen molar-refractivity contribution < 1.29 is 4.79 Å². The van der Waals surface area contributed by atoms with Crippen LogP contribution in [0.4, 0.5) is 5.69 Å². The molecule has 1 amide bonds. The summed E-state index contributed by atoms with van der Waals surface area (Å²) in [7, 11) is 1.92. The molecule has 0 bridgehead atoms. The molecule has 2 aromatic heterocycles. The SMILES string of the molecule is Cc1c(C(=O)NC2CCCN(c3cnn(C)c3)C2)cnn1C(C)(C)C. The Morgan fingerprint density at radius 1 is 1.28 bits per heavy atom. The lowest BCUT2D eigenvalue weighted by Gasteiger charge is -2.33. The van der Waals surface area contributed by atoms with Gasteiger partial charge in [0.05, 0.1) is 29.2 Å². The third-order valence-corrected chi connectivity index (χ3v) is 4.70. The van der Waals surface area contributed by atoms with E-state index in [-0.39, 0.29) is 17.5 Å². The van der Waals surface area contributed by atoms with Crippen LogP contribution < -0.4 is 10.2 Å². The number of hydrogen-bond acceptors (Lipinski definition) is 4. The number of piperidine rings is 1. The molecule has 2 aromatic rings. The normalized spacial score (nSPS) is 18.4. The highest BCUT2D eigenvalue weighted by Gasteiger charge is 2.26. The first kappa shape index (κ1) is 17.5. The van der Waals surface area contributed by atoms with Crippen LogP contribution in [-0.4, -0.2) is 44.6 Å². The third-order valence-electron chi connectivity index (χ3n) is 4.70. The van der Waals surface area contributed by atoms with Gasteiger partial charge in [-0.25, -0.2) is 0 Å². The molecule has 7 heteroatoms. The Labute approximate surface area is 149 Å². The molecule has 0 aliphatic carbocycles. The van der Waals surface area contributed by atoms with Crippen molar-refractivity contribution >= 4 is 11.6 Å². The number of amides is 1. The van der Waals surface area contributed by atoms with Crippen LogP contribution in [0.25, 0.3) is 0 Å². The minimum Gasteiger partial charge on any atom is -0.367 e. The second-order valence-corrected chi connectivity index (χ2v) is 7.86. The Balaban J connectivity index is 1.68. The maximum Gasteiger partial charge on any atom is 0.255 e. The number of nitrogens with one attached hydrogen (secondary N) is 1. The molecule has 0 spiro atoms. The molecule has 3 rings (SSSR count). The predicted molar refractivity (Wildman–Crippen MR) is 97.9 cm³/mol. The fraction of sp³-hybridized carbons (Fsp3) is 0.611. The summed E-state index contributed by atoms with van der Waals surface area (Å²) in [6.07, 6.45) is 7.62. The van der Waals surface area contributed by atoms with Gasteiger partial charge in [0.15, 0.2) is 0 Å². The first-order valence-corrected chi connectivity index (χ1v) is 8.85. The van der Waals surface area contributed by atoms with Crippen molar-refractivity contribution in [2.24, 2.45) is 7.05 Å². The summed E-state index contributed by atoms with van der Waals surface area (Å²) in [5.41, 5.74) is 2.54. The van der Waals surface area contributed by atoms with Gasteiger partial charge in [0.25, 0.3) is 5.91 Å². The number of anilines is 1. The van der Waals surface area contributed by atoms with Gasteiger partial charge < -0.3 is 10.2 Å². The zero-order chi connectivity index (χ0) is 18.2. The summed E-state index contributed by atoms with van der Waals surface area (Å²) in [6.45, 7) is 10.0. The second kappa shape index (κ2) is 6.54. The van der Waals surface area contributed by atoms with Crippen molar-refractivity contribution in [3.8, 4) is 0 Å². The number of carbonyl (C=O) groups excluding carboxylic acids is 1. The third kappa shape index (κ3) is 3.70. The van der Waals surface area contributed by atoms with Gasteiger partial charge in [-0.15, -0.1) is 0 Å². The van der Waals surface area contributed by atoms with E-state index in [4.69, 9.17) is 0 Å². The van der Waals surface area contributed by atoms with Crippen molar-refractivity contribution in [2.75, 3.05) is 18.0 Å². The summed E-state index contributed by atoms with van der Waals surface area (Å²) in [6, 6.07) is 0.138. The molecular formula is C18H28N6O. The largest absolute Gasteiger partial charge is 0.367 e. The average Bonchev–Trinajstić information content (AvgIpc) is 3.13. The lowest BCUT2D eigenvalue weighted by Crippen LogP contribution is -2.47. The van der Waals surface area contributed by atoms with Crippen LogP contribution in [0.3, 0.4) is 0 Å². The van der Waals surface area contributed by atoms with E-state index in [1.54, 1.807) is 6.20 Å². The fourth-order valence-corrected chi connectivity index (χ4v) is 3.47. The van der Waals surface area contributed by atoms with Gasteiger partial charge in [0, 0.05) is 38.1 Å². The molecule has 1 N–H and O–H groups in total. The van der Waals surface area contributed by atoms with Crippen molar-refractivity contribution in [1.82, 2.24) is 24.9 Å². The smallest absolute Gasteiger partial charge is 0.255 e. The van der Waals surface area contributed by atoms with E-state index in [2.05, 4.69) is 41.2 Å². The van der Waals surface area contributed by atoms with Gasteiger partial charge in [0.1, 0.15) is 0 Å². The topological polar surface area (TPSA) is 68.0 Å². The summed E-state index contributed by atoms with van der Waals surface area (Å²) >= 11 is 0. The monoisotopic (exact) mass is 344 g/mol. The molecule has 3 heterocycles. The molecule has 0 saturated carbocycles. The van der Waals surface area contributed by atoms with Crippen LogP contribution in [-0.2, 0) is 12.6 Å². The Bertz CT molecular complexity index is 754. The van der Waals surface area contributed by atoms with E-state index in [0.717, 1.165) is 37.3 Å². The maximum atomic E-state index is 12.7. The molecular weight excluding hydrogens is 316 g/mol. The van der Waals surface area contributed by atoms with Crippen LogP contribution in [0.5, 0.6) is 0 Å². The number of hydrogen-bond donors (Lipinski definition) is 1. The summed E-state index contributed by atoms with van der Waals surface area (Å²) < 4.78 is 3.71. The molecule has 1 unspecified atom stereocenters. The van der Waals surface area contributed by atoms with E-state index in [1.165, 1.54) is 0 Å². The molecule has 0 aromatic carbocycles. The summed E-state index contributed by atoms with van der Waals surface area (Å²) in [5.74, 6) is -0.0361. The van der Waals surface area contributed by atoms with Gasteiger partial charge in [-0.3, -0.25) is 14.2 Å². The Morgan fingerprint density at radius 3 is 2.64 bits per heavy atom. The highest BCUT2D eigenvalue weighted by molar-refractivity contribution is 5.95. The molecule has 1 fully saturated rings. The van der Waals surface area contributed by atoms with Crippen LogP contribution in [0.15, 0.2) is 18.6 Å². The van der Waals surface area contributed by atoms with E-state index in [1.807, 2.05) is 35.7 Å². The van der Waals surface area contributed by atoms with Gasteiger partial charge in [-0.1, -0.05) is 0 Å². The second-order valence-electron chi connectivity index (χ2n) is 7.86. The van der Waals surface area contributed by atoms with Gasteiger partial charge in [-0.2, -0.15) is 10.2 Å². The van der Waals surface area contributed by atoms with E-state index >= 15 is 0 Å². The van der Waals surface area contributed by atoms with Crippen LogP contribution in [0.1, 0.15) is 49.7 Å². The molecule has 1 atom stereocenters. The molecule has 136 valence electrons. The molecule has 7 nitrogen and oxygen atoms in total. The molecule has 25 heavy (non-hydrogen) atoms.